The Hall–Kier alpha value is -1.82. The van der Waals surface area contributed by atoms with Crippen LogP contribution in [0.5, 0.6) is 0 Å². The number of carbonyl (C=O) groups excluding carboxylic acids is 1. The molecule has 1 saturated heterocycles. The van der Waals surface area contributed by atoms with E-state index in [0.717, 1.165) is 37.3 Å². The van der Waals surface area contributed by atoms with Gasteiger partial charge in [-0.15, -0.1) is 0 Å². The summed E-state index contributed by atoms with van der Waals surface area (Å²) in [5.41, 5.74) is 5.61. The van der Waals surface area contributed by atoms with Gasteiger partial charge in [-0.1, -0.05) is 0 Å². The molecule has 1 aromatic rings. The summed E-state index contributed by atoms with van der Waals surface area (Å²) in [6.07, 6.45) is 3.66. The maximum absolute atomic E-state index is 11.2. The van der Waals surface area contributed by atoms with Crippen LogP contribution in [0.25, 0.3) is 0 Å². The van der Waals surface area contributed by atoms with Gasteiger partial charge in [0.15, 0.2) is 0 Å². The highest BCUT2D eigenvalue weighted by atomic mass is 16.5. The van der Waals surface area contributed by atoms with Gasteiger partial charge in [-0.05, 0) is 39.7 Å². The zero-order chi connectivity index (χ0) is 15.2. The second-order valence-electron chi connectivity index (χ2n) is 5.16. The topological polar surface area (TPSA) is 64.8 Å². The molecule has 1 fully saturated rings. The molecule has 116 valence electrons. The third-order valence-electron chi connectivity index (χ3n) is 3.66. The van der Waals surface area contributed by atoms with Crippen molar-refractivity contribution in [3.8, 4) is 0 Å². The van der Waals surface area contributed by atoms with Crippen LogP contribution >= 0.6 is 0 Å². The molecule has 0 aliphatic carbocycles. The smallest absolute Gasteiger partial charge is 0.427 e. The van der Waals surface area contributed by atoms with E-state index in [1.54, 1.807) is 13.1 Å². The molecule has 0 aromatic carbocycles. The Labute approximate surface area is 125 Å². The minimum absolute atomic E-state index is 0.303. The Morgan fingerprint density at radius 1 is 1.62 bits per heavy atom. The van der Waals surface area contributed by atoms with Gasteiger partial charge in [0, 0.05) is 30.1 Å². The van der Waals surface area contributed by atoms with Crippen molar-refractivity contribution in [2.75, 3.05) is 13.2 Å². The Bertz CT molecular complexity index is 516. The Morgan fingerprint density at radius 2 is 2.43 bits per heavy atom. The maximum Gasteiger partial charge on any atom is 0.427 e. The van der Waals surface area contributed by atoms with E-state index in [-0.39, 0.29) is 0 Å². The fraction of sp³-hybridized carbons (Fsp3) is 0.600. The van der Waals surface area contributed by atoms with Crippen LogP contribution in [0.15, 0.2) is 11.2 Å². The van der Waals surface area contributed by atoms with E-state index in [1.807, 2.05) is 6.92 Å². The summed E-state index contributed by atoms with van der Waals surface area (Å²) in [7, 11) is 0. The van der Waals surface area contributed by atoms with Crippen molar-refractivity contribution in [2.45, 2.75) is 46.3 Å². The van der Waals surface area contributed by atoms with Crippen molar-refractivity contribution < 1.29 is 14.3 Å². The number of hydrogen-bond donors (Lipinski definition) is 1. The number of nitrogens with one attached hydrogen (secondary N) is 1. The number of aromatic nitrogens is 1. The van der Waals surface area contributed by atoms with Crippen LogP contribution in [0.3, 0.4) is 0 Å². The lowest BCUT2D eigenvalue weighted by molar-refractivity contribution is 0.0962. The van der Waals surface area contributed by atoms with Gasteiger partial charge in [-0.3, -0.25) is 0 Å². The van der Waals surface area contributed by atoms with Crippen molar-refractivity contribution in [2.24, 2.45) is 5.10 Å². The van der Waals surface area contributed by atoms with Gasteiger partial charge >= 0.3 is 6.09 Å². The molecule has 6 nitrogen and oxygen atoms in total. The van der Waals surface area contributed by atoms with E-state index < -0.39 is 6.09 Å². The number of rotatable bonds is 5. The molecule has 2 rings (SSSR count). The monoisotopic (exact) mass is 293 g/mol. The summed E-state index contributed by atoms with van der Waals surface area (Å²) >= 11 is 0. The number of ether oxygens (including phenoxy) is 2. The minimum atomic E-state index is -0.540. The van der Waals surface area contributed by atoms with Gasteiger partial charge in [-0.25, -0.2) is 10.2 Å². The number of nitrogens with zero attached hydrogens (tertiary/aromatic N) is 2. The lowest BCUT2D eigenvalue weighted by Gasteiger charge is -2.14. The van der Waals surface area contributed by atoms with E-state index in [9.17, 15) is 4.79 Å². The average Bonchev–Trinajstić information content (AvgIpc) is 3.04. The number of carbonyl (C=O) groups is 1. The standard InChI is InChI=1S/C15H23N3O3/c1-4-20-15(19)17-16-9-13-8-11(2)18(12(13)3)10-14-6-5-7-21-14/h8-9,14H,4-7,10H2,1-3H3,(H,17,19)/b16-9-/t14-/m1/s1. The van der Waals surface area contributed by atoms with Crippen LogP contribution in [-0.2, 0) is 16.0 Å². The fourth-order valence-electron chi connectivity index (χ4n) is 2.55. The number of aryl methyl sites for hydroxylation is 1. The zero-order valence-corrected chi connectivity index (χ0v) is 12.9. The summed E-state index contributed by atoms with van der Waals surface area (Å²) < 4.78 is 12.7. The van der Waals surface area contributed by atoms with E-state index in [4.69, 9.17) is 9.47 Å². The molecule has 1 atom stereocenters. The van der Waals surface area contributed by atoms with Crippen LogP contribution in [-0.4, -0.2) is 36.2 Å². The normalized spacial score (nSPS) is 18.3. The molecule has 1 aliphatic rings. The highest BCUT2D eigenvalue weighted by molar-refractivity contribution is 5.82. The summed E-state index contributed by atoms with van der Waals surface area (Å²) in [5.74, 6) is 0. The molecule has 0 saturated carbocycles. The zero-order valence-electron chi connectivity index (χ0n) is 12.9. The molecule has 1 amide bonds. The quantitative estimate of drug-likeness (QED) is 0.669. The lowest BCUT2D eigenvalue weighted by atomic mass is 10.2. The molecule has 0 unspecified atom stereocenters. The number of hydrazone groups is 1. The van der Waals surface area contributed by atoms with Gasteiger partial charge < -0.3 is 14.0 Å². The third-order valence-corrected chi connectivity index (χ3v) is 3.66. The molecular formula is C15H23N3O3. The van der Waals surface area contributed by atoms with Gasteiger partial charge in [0.2, 0.25) is 0 Å². The van der Waals surface area contributed by atoms with Crippen molar-refractivity contribution in [1.29, 1.82) is 0 Å². The lowest BCUT2D eigenvalue weighted by Crippen LogP contribution is -2.19. The number of hydrogen-bond acceptors (Lipinski definition) is 4. The largest absolute Gasteiger partial charge is 0.449 e. The summed E-state index contributed by atoms with van der Waals surface area (Å²) in [6.45, 7) is 7.93. The molecule has 0 bridgehead atoms. The highest BCUT2D eigenvalue weighted by Gasteiger charge is 2.18. The molecule has 2 heterocycles. The second kappa shape index (κ2) is 7.26. The third kappa shape index (κ3) is 4.07. The predicted octanol–water partition coefficient (Wildman–Crippen LogP) is 2.36. The van der Waals surface area contributed by atoms with Gasteiger partial charge in [0.25, 0.3) is 0 Å². The molecule has 1 aliphatic heterocycles. The Balaban J connectivity index is 2.00. The minimum Gasteiger partial charge on any atom is -0.449 e. The SMILES string of the molecule is CCOC(=O)N/N=C\c1cc(C)n(C[C@H]2CCCO2)c1C. The van der Waals surface area contributed by atoms with Gasteiger partial charge in [0.05, 0.1) is 18.9 Å². The first kappa shape index (κ1) is 15.6. The first-order chi connectivity index (χ1) is 10.1. The molecular weight excluding hydrogens is 270 g/mol. The van der Waals surface area contributed by atoms with Crippen molar-refractivity contribution >= 4 is 12.3 Å². The van der Waals surface area contributed by atoms with E-state index in [0.29, 0.717) is 12.7 Å². The van der Waals surface area contributed by atoms with E-state index in [2.05, 4.69) is 28.1 Å². The van der Waals surface area contributed by atoms with Crippen LogP contribution < -0.4 is 5.43 Å². The molecule has 1 aromatic heterocycles. The molecule has 0 radical (unpaired) electrons. The van der Waals surface area contributed by atoms with Crippen molar-refractivity contribution in [3.63, 3.8) is 0 Å². The molecule has 1 N–H and O–H groups in total. The van der Waals surface area contributed by atoms with Gasteiger partial charge in [0.1, 0.15) is 0 Å². The van der Waals surface area contributed by atoms with Crippen LogP contribution in [0, 0.1) is 13.8 Å². The first-order valence-electron chi connectivity index (χ1n) is 7.36. The maximum atomic E-state index is 11.2. The Morgan fingerprint density at radius 3 is 3.10 bits per heavy atom. The van der Waals surface area contributed by atoms with Crippen LogP contribution in [0.4, 0.5) is 4.79 Å². The summed E-state index contributed by atoms with van der Waals surface area (Å²) in [4.78, 5) is 11.2. The number of amides is 1. The predicted molar refractivity (Wildman–Crippen MR) is 80.6 cm³/mol. The van der Waals surface area contributed by atoms with Crippen molar-refractivity contribution in [1.82, 2.24) is 9.99 Å². The molecule has 21 heavy (non-hydrogen) atoms. The van der Waals surface area contributed by atoms with Gasteiger partial charge in [-0.2, -0.15) is 5.10 Å². The van der Waals surface area contributed by atoms with E-state index >= 15 is 0 Å². The fourth-order valence-corrected chi connectivity index (χ4v) is 2.55. The summed E-state index contributed by atoms with van der Waals surface area (Å²) in [5, 5.41) is 3.91. The van der Waals surface area contributed by atoms with E-state index in [1.165, 1.54) is 5.69 Å². The van der Waals surface area contributed by atoms with Crippen LogP contribution in [0.2, 0.25) is 0 Å². The van der Waals surface area contributed by atoms with Crippen LogP contribution in [0.1, 0.15) is 36.7 Å². The van der Waals surface area contributed by atoms with Crippen molar-refractivity contribution in [3.05, 3.63) is 23.0 Å². The average molecular weight is 293 g/mol. The Kier molecular flexibility index (Phi) is 5.38. The first-order valence-corrected chi connectivity index (χ1v) is 7.36. The molecule has 0 spiro atoms. The highest BCUT2D eigenvalue weighted by Crippen LogP contribution is 2.19. The second-order valence-corrected chi connectivity index (χ2v) is 5.16. The molecule has 6 heteroatoms. The summed E-state index contributed by atoms with van der Waals surface area (Å²) in [6, 6.07) is 2.06.